The van der Waals surface area contributed by atoms with Gasteiger partial charge in [-0.05, 0) is 62.6 Å². The van der Waals surface area contributed by atoms with E-state index in [1.165, 1.54) is 36.8 Å². The van der Waals surface area contributed by atoms with E-state index in [4.69, 9.17) is 11.6 Å². The molecule has 0 aliphatic heterocycles. The maximum atomic E-state index is 11.8. The first-order valence-corrected chi connectivity index (χ1v) is 8.31. The van der Waals surface area contributed by atoms with Crippen molar-refractivity contribution in [3.63, 3.8) is 0 Å². The molecule has 1 aromatic rings. The molecule has 0 fully saturated rings. The summed E-state index contributed by atoms with van der Waals surface area (Å²) in [5.74, 6) is 0.167. The molecule has 3 heteroatoms. The van der Waals surface area contributed by atoms with Crippen LogP contribution < -0.4 is 5.32 Å². The molecule has 0 saturated heterocycles. The van der Waals surface area contributed by atoms with Crippen molar-refractivity contribution in [1.82, 2.24) is 5.32 Å². The number of carbonyl (C=O) groups excluding carboxylic acids is 1. The van der Waals surface area contributed by atoms with E-state index < -0.39 is 0 Å². The first-order valence-electron chi connectivity index (χ1n) is 7.93. The fourth-order valence-electron chi connectivity index (χ4n) is 2.69. The van der Waals surface area contributed by atoms with E-state index >= 15 is 0 Å². The zero-order valence-corrected chi connectivity index (χ0v) is 13.3. The van der Waals surface area contributed by atoms with Gasteiger partial charge < -0.3 is 5.32 Å². The zero-order valence-electron chi connectivity index (χ0n) is 12.5. The molecule has 0 heterocycles. The van der Waals surface area contributed by atoms with Gasteiger partial charge in [0.15, 0.2) is 0 Å². The second-order valence-corrected chi connectivity index (χ2v) is 6.12. The quantitative estimate of drug-likeness (QED) is 0.729. The molecule has 0 bridgehead atoms. The summed E-state index contributed by atoms with van der Waals surface area (Å²) in [5.41, 5.74) is 2.75. The Kier molecular flexibility index (Phi) is 6.81. The Morgan fingerprint density at radius 2 is 1.95 bits per heavy atom. The van der Waals surface area contributed by atoms with Crippen LogP contribution in [0.1, 0.15) is 50.5 Å². The molecular formula is C18H24ClNO. The summed E-state index contributed by atoms with van der Waals surface area (Å²) in [4.78, 5) is 11.8. The topological polar surface area (TPSA) is 29.1 Å². The average molecular weight is 306 g/mol. The highest BCUT2D eigenvalue weighted by molar-refractivity contribution is 6.30. The van der Waals surface area contributed by atoms with Crippen molar-refractivity contribution in [3.05, 3.63) is 46.5 Å². The van der Waals surface area contributed by atoms with Crippen LogP contribution in [-0.4, -0.2) is 12.5 Å². The first-order chi connectivity index (χ1) is 10.2. The lowest BCUT2D eigenvalue weighted by molar-refractivity contribution is -0.121. The Labute approximate surface area is 132 Å². The van der Waals surface area contributed by atoms with Gasteiger partial charge in [-0.15, -0.1) is 0 Å². The Morgan fingerprint density at radius 3 is 2.67 bits per heavy atom. The van der Waals surface area contributed by atoms with Crippen molar-refractivity contribution >= 4 is 17.5 Å². The molecule has 0 saturated carbocycles. The molecule has 1 aliphatic rings. The number of amides is 1. The number of halogens is 1. The number of benzene rings is 1. The minimum absolute atomic E-state index is 0.167. The van der Waals surface area contributed by atoms with Gasteiger partial charge in [0.05, 0.1) is 0 Å². The Morgan fingerprint density at radius 1 is 1.14 bits per heavy atom. The van der Waals surface area contributed by atoms with E-state index in [-0.39, 0.29) is 5.91 Å². The van der Waals surface area contributed by atoms with Crippen molar-refractivity contribution < 1.29 is 4.79 Å². The van der Waals surface area contributed by atoms with Crippen molar-refractivity contribution in [1.29, 1.82) is 0 Å². The van der Waals surface area contributed by atoms with Crippen molar-refractivity contribution in [2.75, 3.05) is 6.54 Å². The Bertz CT molecular complexity index is 478. The monoisotopic (exact) mass is 305 g/mol. The average Bonchev–Trinajstić information content (AvgIpc) is 2.50. The van der Waals surface area contributed by atoms with Crippen LogP contribution in [-0.2, 0) is 11.2 Å². The summed E-state index contributed by atoms with van der Waals surface area (Å²) in [6.07, 6.45) is 10.8. The number of hydrogen-bond acceptors (Lipinski definition) is 1. The Hall–Kier alpha value is -1.28. The lowest BCUT2D eigenvalue weighted by Gasteiger charge is -2.12. The highest BCUT2D eigenvalue weighted by Gasteiger charge is 2.05. The summed E-state index contributed by atoms with van der Waals surface area (Å²) in [7, 11) is 0. The standard InChI is InChI=1S/C18H24ClNO/c19-17-11-9-16(10-12-17)7-4-8-18(21)20-14-13-15-5-2-1-3-6-15/h5,9-12H,1-4,6-8,13-14H2,(H,20,21). The summed E-state index contributed by atoms with van der Waals surface area (Å²) in [6, 6.07) is 7.84. The molecule has 0 unspecified atom stereocenters. The number of rotatable bonds is 7. The van der Waals surface area contributed by atoms with Gasteiger partial charge in [0.1, 0.15) is 0 Å². The highest BCUT2D eigenvalue weighted by atomic mass is 35.5. The van der Waals surface area contributed by atoms with E-state index in [1.54, 1.807) is 0 Å². The van der Waals surface area contributed by atoms with Crippen LogP contribution in [0, 0.1) is 0 Å². The van der Waals surface area contributed by atoms with Gasteiger partial charge >= 0.3 is 0 Å². The number of nitrogens with one attached hydrogen (secondary N) is 1. The molecule has 0 aromatic heterocycles. The first kappa shape index (κ1) is 16.1. The van der Waals surface area contributed by atoms with Crippen LogP contribution in [0.15, 0.2) is 35.9 Å². The lowest BCUT2D eigenvalue weighted by Crippen LogP contribution is -2.24. The van der Waals surface area contributed by atoms with Gasteiger partial charge in [-0.1, -0.05) is 35.4 Å². The van der Waals surface area contributed by atoms with Crippen molar-refractivity contribution in [2.24, 2.45) is 0 Å². The lowest BCUT2D eigenvalue weighted by atomic mass is 9.97. The number of allylic oxidation sites excluding steroid dienone is 1. The summed E-state index contributed by atoms with van der Waals surface area (Å²) in [5, 5.41) is 3.78. The van der Waals surface area contributed by atoms with Crippen LogP contribution >= 0.6 is 11.6 Å². The van der Waals surface area contributed by atoms with Gasteiger partial charge in [-0.3, -0.25) is 4.79 Å². The normalized spacial score (nSPS) is 14.6. The third-order valence-electron chi connectivity index (χ3n) is 3.94. The molecule has 1 aromatic carbocycles. The van der Waals surface area contributed by atoms with Crippen LogP contribution in [0.5, 0.6) is 0 Å². The molecule has 114 valence electrons. The van der Waals surface area contributed by atoms with Gasteiger partial charge in [0.25, 0.3) is 0 Å². The van der Waals surface area contributed by atoms with Crippen LogP contribution in [0.25, 0.3) is 0 Å². The smallest absolute Gasteiger partial charge is 0.220 e. The summed E-state index contributed by atoms with van der Waals surface area (Å²) in [6.45, 7) is 0.783. The molecule has 2 nitrogen and oxygen atoms in total. The van der Waals surface area contributed by atoms with Gasteiger partial charge in [0, 0.05) is 18.0 Å². The van der Waals surface area contributed by atoms with Crippen LogP contribution in [0.4, 0.5) is 0 Å². The highest BCUT2D eigenvalue weighted by Crippen LogP contribution is 2.19. The second kappa shape index (κ2) is 8.89. The zero-order chi connectivity index (χ0) is 14.9. The van der Waals surface area contributed by atoms with Gasteiger partial charge in [-0.25, -0.2) is 0 Å². The molecule has 0 atom stereocenters. The molecule has 1 N–H and O–H groups in total. The van der Waals surface area contributed by atoms with Gasteiger partial charge in [-0.2, -0.15) is 0 Å². The third-order valence-corrected chi connectivity index (χ3v) is 4.19. The molecule has 0 radical (unpaired) electrons. The second-order valence-electron chi connectivity index (χ2n) is 5.69. The van der Waals surface area contributed by atoms with Crippen molar-refractivity contribution in [3.8, 4) is 0 Å². The molecule has 1 aliphatic carbocycles. The largest absolute Gasteiger partial charge is 0.356 e. The van der Waals surface area contributed by atoms with E-state index in [1.807, 2.05) is 24.3 Å². The summed E-state index contributed by atoms with van der Waals surface area (Å²) < 4.78 is 0. The van der Waals surface area contributed by atoms with Crippen LogP contribution in [0.2, 0.25) is 5.02 Å². The molecule has 21 heavy (non-hydrogen) atoms. The number of hydrogen-bond donors (Lipinski definition) is 1. The fourth-order valence-corrected chi connectivity index (χ4v) is 2.81. The SMILES string of the molecule is O=C(CCCc1ccc(Cl)cc1)NCCC1=CCCCC1. The minimum Gasteiger partial charge on any atom is -0.356 e. The number of carbonyl (C=O) groups is 1. The van der Waals surface area contributed by atoms with Crippen molar-refractivity contribution in [2.45, 2.75) is 51.4 Å². The van der Waals surface area contributed by atoms with E-state index in [2.05, 4.69) is 11.4 Å². The molecule has 0 spiro atoms. The molecule has 1 amide bonds. The molecule has 2 rings (SSSR count). The maximum Gasteiger partial charge on any atom is 0.220 e. The van der Waals surface area contributed by atoms with E-state index in [9.17, 15) is 4.79 Å². The fraction of sp³-hybridized carbons (Fsp3) is 0.500. The minimum atomic E-state index is 0.167. The Balaban J connectivity index is 1.57. The predicted molar refractivity (Wildman–Crippen MR) is 88.6 cm³/mol. The van der Waals surface area contributed by atoms with Crippen LogP contribution in [0.3, 0.4) is 0 Å². The van der Waals surface area contributed by atoms with E-state index in [0.717, 1.165) is 30.8 Å². The molecular weight excluding hydrogens is 282 g/mol. The van der Waals surface area contributed by atoms with E-state index in [0.29, 0.717) is 6.42 Å². The van der Waals surface area contributed by atoms with Gasteiger partial charge in [0.2, 0.25) is 5.91 Å². The maximum absolute atomic E-state index is 11.8. The number of aryl methyl sites for hydroxylation is 1. The summed E-state index contributed by atoms with van der Waals surface area (Å²) >= 11 is 5.85. The third kappa shape index (κ3) is 6.34. The predicted octanol–water partition coefficient (Wildman–Crippen LogP) is 4.67.